The fraction of sp³-hybridized carbons (Fsp3) is 0.711. The zero-order valence-corrected chi connectivity index (χ0v) is 35.6. The third-order valence-corrected chi connectivity index (χ3v) is 9.65. The van der Waals surface area contributed by atoms with Gasteiger partial charge in [-0.25, -0.2) is 4.57 Å². The van der Waals surface area contributed by atoms with Gasteiger partial charge in [-0.3, -0.25) is 13.8 Å². The van der Waals surface area contributed by atoms with Crippen LogP contribution in [0.1, 0.15) is 162 Å². The first-order valence-corrected chi connectivity index (χ1v) is 23.0. The Morgan fingerprint density at radius 2 is 1.05 bits per heavy atom. The number of allylic oxidation sites excluding steroid dienone is 11. The lowest BCUT2D eigenvalue weighted by Crippen LogP contribution is -2.28. The van der Waals surface area contributed by atoms with Crippen LogP contribution < -0.4 is 5.73 Å². The predicted molar refractivity (Wildman–Crippen MR) is 230 cm³/mol. The van der Waals surface area contributed by atoms with Crippen LogP contribution in [0.4, 0.5) is 0 Å². The van der Waals surface area contributed by atoms with Crippen molar-refractivity contribution in [2.24, 2.45) is 5.73 Å². The van der Waals surface area contributed by atoms with Crippen molar-refractivity contribution in [2.75, 3.05) is 33.0 Å². The number of carbonyl (C=O) groups excluding carboxylic acids is 1. The standard InChI is InChI=1S/C45H80NO8P/c1-3-4-5-6-7-8-9-10-11-17-20-23-26-29-32-35-39-51-41-44(42-53-55(49,50)52-40-38-46)54-45(48)37-34-31-28-25-22-19-16-14-12-13-15-18-21-24-27-30-33-36-43(2)47/h12,14-15,18-19,22,24,27-28,31,33,36,43-44,47H,3-11,13,16-17,20-21,23,25-26,29-30,32,34-35,37-42,46H2,1-2H3,(H,49,50)/b14-12+,18-15+,22-19+,27-24+,31-28+,36-33-. The summed E-state index contributed by atoms with van der Waals surface area (Å²) in [6.07, 6.45) is 49.3. The van der Waals surface area contributed by atoms with E-state index in [9.17, 15) is 19.4 Å². The maximum Gasteiger partial charge on any atom is 0.472 e. The molecule has 3 atom stereocenters. The molecule has 10 heteroatoms. The number of ether oxygens (including phenoxy) is 2. The molecule has 0 aliphatic heterocycles. The topological polar surface area (TPSA) is 138 Å². The van der Waals surface area contributed by atoms with Crippen LogP contribution in [0.25, 0.3) is 0 Å². The van der Waals surface area contributed by atoms with Gasteiger partial charge in [-0.1, -0.05) is 176 Å². The van der Waals surface area contributed by atoms with Crippen molar-refractivity contribution in [1.82, 2.24) is 0 Å². The number of aliphatic hydroxyl groups is 1. The van der Waals surface area contributed by atoms with E-state index in [0.717, 1.165) is 44.9 Å². The molecule has 0 aromatic rings. The smallest absolute Gasteiger partial charge is 0.457 e. The fourth-order valence-corrected chi connectivity index (χ4v) is 6.33. The number of aliphatic hydroxyl groups excluding tert-OH is 1. The summed E-state index contributed by atoms with van der Waals surface area (Å²) in [5.74, 6) is -0.421. The number of unbranched alkanes of at least 4 members (excludes halogenated alkanes) is 15. The summed E-state index contributed by atoms with van der Waals surface area (Å²) in [7, 11) is -4.30. The van der Waals surface area contributed by atoms with Crippen molar-refractivity contribution in [3.05, 3.63) is 72.9 Å². The zero-order valence-electron chi connectivity index (χ0n) is 34.8. The van der Waals surface area contributed by atoms with Gasteiger partial charge in [-0.2, -0.15) is 0 Å². The molecule has 4 N–H and O–H groups in total. The van der Waals surface area contributed by atoms with Gasteiger partial charge in [0.05, 0.1) is 25.9 Å². The van der Waals surface area contributed by atoms with Gasteiger partial charge in [0.2, 0.25) is 0 Å². The maximum absolute atomic E-state index is 12.5. The van der Waals surface area contributed by atoms with E-state index in [2.05, 4.69) is 55.5 Å². The Morgan fingerprint density at radius 1 is 0.618 bits per heavy atom. The summed E-state index contributed by atoms with van der Waals surface area (Å²) in [5, 5.41) is 9.18. The molecule has 0 spiro atoms. The lowest BCUT2D eigenvalue weighted by atomic mass is 10.0. The molecule has 0 heterocycles. The monoisotopic (exact) mass is 794 g/mol. The van der Waals surface area contributed by atoms with Gasteiger partial charge in [-0.05, 0) is 51.9 Å². The van der Waals surface area contributed by atoms with Crippen LogP contribution in [-0.4, -0.2) is 61.1 Å². The molecule has 318 valence electrons. The summed E-state index contributed by atoms with van der Waals surface area (Å²) >= 11 is 0. The van der Waals surface area contributed by atoms with Gasteiger partial charge >= 0.3 is 13.8 Å². The number of phosphoric acid groups is 1. The van der Waals surface area contributed by atoms with Crippen LogP contribution in [-0.2, 0) is 27.9 Å². The van der Waals surface area contributed by atoms with Gasteiger partial charge < -0.3 is 25.2 Å². The van der Waals surface area contributed by atoms with Crippen LogP contribution in [0.15, 0.2) is 72.9 Å². The van der Waals surface area contributed by atoms with Crippen molar-refractivity contribution >= 4 is 13.8 Å². The van der Waals surface area contributed by atoms with Gasteiger partial charge in [0.1, 0.15) is 6.10 Å². The molecule has 0 amide bonds. The first kappa shape index (κ1) is 52.9. The Bertz CT molecular complexity index is 1080. The molecular weight excluding hydrogens is 713 g/mol. The largest absolute Gasteiger partial charge is 0.472 e. The Balaban J connectivity index is 4.18. The fourth-order valence-electron chi connectivity index (χ4n) is 5.56. The first-order valence-electron chi connectivity index (χ1n) is 21.5. The normalized spacial score (nSPS) is 14.8. The van der Waals surface area contributed by atoms with Crippen LogP contribution in [0, 0.1) is 0 Å². The quantitative estimate of drug-likeness (QED) is 0.0239. The van der Waals surface area contributed by atoms with E-state index in [1.54, 1.807) is 13.0 Å². The Kier molecular flexibility index (Phi) is 39.9. The summed E-state index contributed by atoms with van der Waals surface area (Å²) in [6, 6.07) is 0. The highest BCUT2D eigenvalue weighted by atomic mass is 31.2. The second-order valence-electron chi connectivity index (χ2n) is 14.1. The third-order valence-electron chi connectivity index (χ3n) is 8.66. The van der Waals surface area contributed by atoms with E-state index in [1.165, 1.54) is 89.9 Å². The molecule has 0 fully saturated rings. The van der Waals surface area contributed by atoms with Crippen molar-refractivity contribution < 1.29 is 37.9 Å². The second-order valence-corrected chi connectivity index (χ2v) is 15.6. The van der Waals surface area contributed by atoms with E-state index in [4.69, 9.17) is 24.3 Å². The number of carbonyl (C=O) groups is 1. The Morgan fingerprint density at radius 3 is 1.51 bits per heavy atom. The molecule has 0 aromatic carbocycles. The van der Waals surface area contributed by atoms with Crippen molar-refractivity contribution in [3.63, 3.8) is 0 Å². The molecule has 9 nitrogen and oxygen atoms in total. The van der Waals surface area contributed by atoms with E-state index >= 15 is 0 Å². The average Bonchev–Trinajstić information content (AvgIpc) is 3.16. The summed E-state index contributed by atoms with van der Waals surface area (Å²) in [6.45, 7) is 4.27. The van der Waals surface area contributed by atoms with Gasteiger partial charge in [-0.15, -0.1) is 0 Å². The third kappa shape index (κ3) is 42.9. The van der Waals surface area contributed by atoms with E-state index < -0.39 is 26.0 Å². The SMILES string of the molecule is CCCCCCCCCCCCCCCCCCOCC(COP(=O)(O)OCCN)OC(=O)CC/C=C/C/C=C/C/C=C/C/C=C/C/C=C/C/C=C\C(C)O. The Hall–Kier alpha value is -2.10. The lowest BCUT2D eigenvalue weighted by molar-refractivity contribution is -0.154. The number of hydrogen-bond acceptors (Lipinski definition) is 8. The molecule has 0 aliphatic carbocycles. The zero-order chi connectivity index (χ0) is 40.3. The predicted octanol–water partition coefficient (Wildman–Crippen LogP) is 11.7. The minimum Gasteiger partial charge on any atom is -0.457 e. The number of esters is 1. The van der Waals surface area contributed by atoms with Crippen molar-refractivity contribution in [3.8, 4) is 0 Å². The number of phosphoric ester groups is 1. The summed E-state index contributed by atoms with van der Waals surface area (Å²) in [4.78, 5) is 22.4. The van der Waals surface area contributed by atoms with E-state index in [1.807, 2.05) is 18.2 Å². The molecule has 0 radical (unpaired) electrons. The highest BCUT2D eigenvalue weighted by Crippen LogP contribution is 2.43. The minimum absolute atomic E-state index is 0.0777. The molecule has 0 rings (SSSR count). The number of rotatable bonds is 40. The average molecular weight is 794 g/mol. The van der Waals surface area contributed by atoms with E-state index in [-0.39, 0.29) is 32.8 Å². The number of nitrogens with two attached hydrogens (primary N) is 1. The van der Waals surface area contributed by atoms with Gasteiger partial charge in [0.25, 0.3) is 0 Å². The van der Waals surface area contributed by atoms with Gasteiger partial charge in [0, 0.05) is 19.6 Å². The molecule has 0 aromatic heterocycles. The van der Waals surface area contributed by atoms with Crippen molar-refractivity contribution in [1.29, 1.82) is 0 Å². The summed E-state index contributed by atoms with van der Waals surface area (Å²) < 4.78 is 33.3. The molecular formula is C45H80NO8P. The maximum atomic E-state index is 12.5. The highest BCUT2D eigenvalue weighted by Gasteiger charge is 2.25. The van der Waals surface area contributed by atoms with Gasteiger partial charge in [0.15, 0.2) is 0 Å². The lowest BCUT2D eigenvalue weighted by Gasteiger charge is -2.20. The first-order chi connectivity index (χ1) is 26.8. The summed E-state index contributed by atoms with van der Waals surface area (Å²) in [5.41, 5.74) is 5.36. The molecule has 0 bridgehead atoms. The van der Waals surface area contributed by atoms with Crippen LogP contribution in [0.5, 0.6) is 0 Å². The molecule has 0 saturated carbocycles. The van der Waals surface area contributed by atoms with Crippen LogP contribution >= 0.6 is 7.82 Å². The number of hydrogen-bond donors (Lipinski definition) is 3. The molecule has 0 aliphatic rings. The minimum atomic E-state index is -4.30. The van der Waals surface area contributed by atoms with Crippen LogP contribution in [0.3, 0.4) is 0 Å². The van der Waals surface area contributed by atoms with Crippen LogP contribution in [0.2, 0.25) is 0 Å². The van der Waals surface area contributed by atoms with Crippen molar-refractivity contribution in [2.45, 2.75) is 174 Å². The highest BCUT2D eigenvalue weighted by molar-refractivity contribution is 7.47. The second kappa shape index (κ2) is 41.5. The molecule has 0 saturated heterocycles. The van der Waals surface area contributed by atoms with E-state index in [0.29, 0.717) is 13.0 Å². The molecule has 3 unspecified atom stereocenters. The molecule has 55 heavy (non-hydrogen) atoms. The Labute approximate surface area is 336 Å².